The van der Waals surface area contributed by atoms with Gasteiger partial charge in [0.25, 0.3) is 5.91 Å². The number of carbonyl (C=O) groups excluding carboxylic acids is 2. The molecular formula is C10H17NNaO3+. The van der Waals surface area contributed by atoms with Crippen molar-refractivity contribution in [2.24, 2.45) is 0 Å². The fourth-order valence-corrected chi connectivity index (χ4v) is 1.56. The molecule has 0 saturated carbocycles. The molecule has 15 heavy (non-hydrogen) atoms. The van der Waals surface area contributed by atoms with Crippen LogP contribution in [0.3, 0.4) is 0 Å². The summed E-state index contributed by atoms with van der Waals surface area (Å²) >= 11 is 0. The second-order valence-corrected chi connectivity index (χ2v) is 3.89. The van der Waals surface area contributed by atoms with Gasteiger partial charge in [0.2, 0.25) is 0 Å². The van der Waals surface area contributed by atoms with Crippen LogP contribution in [0.4, 0.5) is 4.79 Å². The van der Waals surface area contributed by atoms with Gasteiger partial charge in [0, 0.05) is 0 Å². The van der Waals surface area contributed by atoms with Crippen molar-refractivity contribution in [1.29, 1.82) is 0 Å². The van der Waals surface area contributed by atoms with Crippen molar-refractivity contribution >= 4 is 12.0 Å². The van der Waals surface area contributed by atoms with Crippen LogP contribution in [0.2, 0.25) is 0 Å². The summed E-state index contributed by atoms with van der Waals surface area (Å²) in [5, 5.41) is 2.15. The van der Waals surface area contributed by atoms with Crippen molar-refractivity contribution in [3.05, 3.63) is 0 Å². The molecule has 1 aliphatic heterocycles. The number of carbonyl (C=O) groups is 2. The van der Waals surface area contributed by atoms with E-state index in [0.29, 0.717) is 6.42 Å². The molecule has 4 nitrogen and oxygen atoms in total. The first-order chi connectivity index (χ1) is 6.58. The number of imide groups is 1. The van der Waals surface area contributed by atoms with Crippen LogP contribution in [0.15, 0.2) is 0 Å². The molecule has 1 atom stereocenters. The maximum Gasteiger partial charge on any atom is 1.00 e. The summed E-state index contributed by atoms with van der Waals surface area (Å²) in [6.45, 7) is 3.79. The minimum Gasteiger partial charge on any atom is -0.433 e. The van der Waals surface area contributed by atoms with Crippen molar-refractivity contribution in [1.82, 2.24) is 5.32 Å². The van der Waals surface area contributed by atoms with Gasteiger partial charge in [0.05, 0.1) is 0 Å². The molecule has 1 aliphatic rings. The number of cyclic esters (lactones) is 1. The summed E-state index contributed by atoms with van der Waals surface area (Å²) < 4.78 is 4.94. The Balaban J connectivity index is 0.00000196. The Labute approximate surface area is 112 Å². The van der Waals surface area contributed by atoms with Crippen LogP contribution >= 0.6 is 0 Å². The van der Waals surface area contributed by atoms with Crippen molar-refractivity contribution in [2.45, 2.75) is 51.6 Å². The molecule has 0 radical (unpaired) electrons. The molecule has 1 heterocycles. The molecule has 0 aromatic heterocycles. The minimum atomic E-state index is -0.926. The number of alkyl carbamates (subject to hydrolysis) is 1. The van der Waals surface area contributed by atoms with E-state index in [2.05, 4.69) is 12.2 Å². The van der Waals surface area contributed by atoms with Crippen LogP contribution in [0, 0.1) is 0 Å². The largest absolute Gasteiger partial charge is 1.00 e. The van der Waals surface area contributed by atoms with E-state index in [0.717, 1.165) is 25.7 Å². The van der Waals surface area contributed by atoms with Gasteiger partial charge in [-0.1, -0.05) is 26.2 Å². The van der Waals surface area contributed by atoms with Crippen LogP contribution in [0.1, 0.15) is 46.0 Å². The van der Waals surface area contributed by atoms with Gasteiger partial charge in [0.1, 0.15) is 0 Å². The van der Waals surface area contributed by atoms with Crippen LogP contribution in [0.5, 0.6) is 0 Å². The molecule has 1 fully saturated rings. The zero-order valence-corrected chi connectivity index (χ0v) is 11.8. The average Bonchev–Trinajstić information content (AvgIpc) is 2.36. The molecule has 0 spiro atoms. The summed E-state index contributed by atoms with van der Waals surface area (Å²) in [6.07, 6.45) is 4.31. The Hall–Kier alpha value is -0.0600. The average molecular weight is 222 g/mol. The predicted molar refractivity (Wildman–Crippen MR) is 51.8 cm³/mol. The monoisotopic (exact) mass is 222 g/mol. The molecule has 0 bridgehead atoms. The van der Waals surface area contributed by atoms with Crippen LogP contribution in [-0.4, -0.2) is 17.6 Å². The van der Waals surface area contributed by atoms with E-state index in [9.17, 15) is 9.59 Å². The molecule has 2 amide bonds. The smallest absolute Gasteiger partial charge is 0.433 e. The molecule has 80 valence electrons. The maximum atomic E-state index is 11.3. The maximum absolute atomic E-state index is 11.3. The Kier molecular flexibility index (Phi) is 6.48. The summed E-state index contributed by atoms with van der Waals surface area (Å²) in [6, 6.07) is 0. The van der Waals surface area contributed by atoms with Gasteiger partial charge in [-0.15, -0.1) is 0 Å². The van der Waals surface area contributed by atoms with E-state index in [1.165, 1.54) is 0 Å². The van der Waals surface area contributed by atoms with Gasteiger partial charge in [-0.3, -0.25) is 10.1 Å². The summed E-state index contributed by atoms with van der Waals surface area (Å²) in [7, 11) is 0. The fourth-order valence-electron chi connectivity index (χ4n) is 1.56. The van der Waals surface area contributed by atoms with Crippen LogP contribution in [-0.2, 0) is 9.53 Å². The summed E-state index contributed by atoms with van der Waals surface area (Å²) in [5.74, 6) is -0.306. The van der Waals surface area contributed by atoms with E-state index in [4.69, 9.17) is 4.74 Å². The third kappa shape index (κ3) is 4.13. The Morgan fingerprint density at radius 2 is 1.93 bits per heavy atom. The van der Waals surface area contributed by atoms with Gasteiger partial charge < -0.3 is 4.74 Å². The number of rotatable bonds is 5. The molecule has 1 rings (SSSR count). The molecule has 0 aromatic rings. The number of amides is 2. The summed E-state index contributed by atoms with van der Waals surface area (Å²) in [5.41, 5.74) is -0.926. The molecule has 5 heteroatoms. The fraction of sp³-hybridized carbons (Fsp3) is 0.800. The Bertz CT molecular complexity index is 245. The number of nitrogens with one attached hydrogen (secondary N) is 1. The first-order valence-electron chi connectivity index (χ1n) is 5.13. The molecule has 0 aromatic carbocycles. The van der Waals surface area contributed by atoms with E-state index < -0.39 is 11.7 Å². The SMILES string of the molecule is CCCCCCC1(C)OC(=O)NC1=O.[Na+]. The standard InChI is InChI=1S/C10H17NO3.Na/c1-3-4-5-6-7-10(2)8(12)11-9(13)14-10;/h3-7H2,1-2H3,(H,11,12,13);/q;+1. The van der Waals surface area contributed by atoms with E-state index in [-0.39, 0.29) is 35.5 Å². The van der Waals surface area contributed by atoms with Crippen LogP contribution in [0.25, 0.3) is 0 Å². The van der Waals surface area contributed by atoms with Gasteiger partial charge in [-0.2, -0.15) is 0 Å². The third-order valence-electron chi connectivity index (χ3n) is 2.52. The van der Waals surface area contributed by atoms with Gasteiger partial charge >= 0.3 is 35.7 Å². The van der Waals surface area contributed by atoms with Gasteiger partial charge in [0.15, 0.2) is 5.60 Å². The normalized spacial score (nSPS) is 24.4. The topological polar surface area (TPSA) is 55.4 Å². The molecule has 1 N–H and O–H groups in total. The minimum absolute atomic E-state index is 0. The number of hydrogen-bond acceptors (Lipinski definition) is 3. The van der Waals surface area contributed by atoms with Crippen LogP contribution < -0.4 is 34.9 Å². The second-order valence-electron chi connectivity index (χ2n) is 3.89. The zero-order chi connectivity index (χ0) is 10.6. The van der Waals surface area contributed by atoms with E-state index >= 15 is 0 Å². The van der Waals surface area contributed by atoms with Crippen molar-refractivity contribution in [2.75, 3.05) is 0 Å². The van der Waals surface area contributed by atoms with Gasteiger partial charge in [-0.25, -0.2) is 4.79 Å². The predicted octanol–water partition coefficient (Wildman–Crippen LogP) is -1.01. The third-order valence-corrected chi connectivity index (χ3v) is 2.52. The first-order valence-corrected chi connectivity index (χ1v) is 5.13. The van der Waals surface area contributed by atoms with Crippen molar-refractivity contribution in [3.63, 3.8) is 0 Å². The Morgan fingerprint density at radius 1 is 1.27 bits per heavy atom. The van der Waals surface area contributed by atoms with Crippen molar-refractivity contribution < 1.29 is 43.9 Å². The first kappa shape index (κ1) is 14.9. The number of unbranched alkanes of at least 4 members (excludes halogenated alkanes) is 3. The molecule has 0 aliphatic carbocycles. The summed E-state index contributed by atoms with van der Waals surface area (Å²) in [4.78, 5) is 22.1. The second kappa shape index (κ2) is 6.51. The number of ether oxygens (including phenoxy) is 1. The number of hydrogen-bond donors (Lipinski definition) is 1. The quantitative estimate of drug-likeness (QED) is 0.479. The molecule has 1 saturated heterocycles. The molecular weight excluding hydrogens is 205 g/mol. The van der Waals surface area contributed by atoms with Gasteiger partial charge in [-0.05, 0) is 19.8 Å². The Morgan fingerprint density at radius 3 is 2.40 bits per heavy atom. The zero-order valence-electron chi connectivity index (χ0n) is 9.76. The van der Waals surface area contributed by atoms with E-state index in [1.54, 1.807) is 6.92 Å². The van der Waals surface area contributed by atoms with Crippen molar-refractivity contribution in [3.8, 4) is 0 Å². The molecule has 1 unspecified atom stereocenters. The van der Waals surface area contributed by atoms with E-state index in [1.807, 2.05) is 0 Å².